The zero-order valence-electron chi connectivity index (χ0n) is 14.8. The maximum atomic E-state index is 12.7. The van der Waals surface area contributed by atoms with E-state index in [0.29, 0.717) is 5.69 Å². The van der Waals surface area contributed by atoms with E-state index < -0.39 is 21.1 Å². The first-order valence-corrected chi connectivity index (χ1v) is 9.86. The molecule has 2 heterocycles. The highest BCUT2D eigenvalue weighted by atomic mass is 32.2. The van der Waals surface area contributed by atoms with E-state index in [0.717, 1.165) is 15.6 Å². The van der Waals surface area contributed by atoms with Crippen LogP contribution in [0.15, 0.2) is 75.1 Å². The van der Waals surface area contributed by atoms with Crippen LogP contribution in [0.5, 0.6) is 0 Å². The highest BCUT2D eigenvalue weighted by Gasteiger charge is 2.20. The second kappa shape index (κ2) is 6.54. The molecule has 0 aliphatic carbocycles. The van der Waals surface area contributed by atoms with Crippen LogP contribution in [-0.2, 0) is 10.0 Å². The molecule has 8 nitrogen and oxygen atoms in total. The number of hydrogen-bond donors (Lipinski definition) is 3. The third kappa shape index (κ3) is 3.12. The fraction of sp³-hybridized carbons (Fsp3) is 0.0526. The Morgan fingerprint density at radius 1 is 0.964 bits per heavy atom. The molecule has 3 N–H and O–H groups in total. The van der Waals surface area contributed by atoms with Gasteiger partial charge in [0.05, 0.1) is 10.6 Å². The Hall–Kier alpha value is -3.59. The topological polar surface area (TPSA) is 116 Å². The van der Waals surface area contributed by atoms with E-state index in [9.17, 15) is 18.0 Å². The Morgan fingerprint density at radius 2 is 1.64 bits per heavy atom. The number of aromatic amines is 2. The molecule has 4 aromatic rings. The van der Waals surface area contributed by atoms with E-state index in [4.69, 9.17) is 0 Å². The van der Waals surface area contributed by atoms with Gasteiger partial charge >= 0.3 is 0 Å². The van der Waals surface area contributed by atoms with E-state index in [1.807, 2.05) is 25.1 Å². The minimum absolute atomic E-state index is 0.0124. The third-order valence-electron chi connectivity index (χ3n) is 4.29. The molecule has 0 unspecified atom stereocenters. The van der Waals surface area contributed by atoms with Gasteiger partial charge in [-0.15, -0.1) is 0 Å². The van der Waals surface area contributed by atoms with Crippen LogP contribution in [-0.4, -0.2) is 23.0 Å². The zero-order valence-corrected chi connectivity index (χ0v) is 15.6. The minimum atomic E-state index is -4.01. The molecule has 0 atom stereocenters. The van der Waals surface area contributed by atoms with Gasteiger partial charge in [-0.05, 0) is 24.6 Å². The molecule has 2 aromatic heterocycles. The number of rotatable bonds is 4. The summed E-state index contributed by atoms with van der Waals surface area (Å²) in [6, 6.07) is 16.6. The summed E-state index contributed by atoms with van der Waals surface area (Å²) >= 11 is 0. The fourth-order valence-electron chi connectivity index (χ4n) is 2.85. The van der Waals surface area contributed by atoms with E-state index in [-0.39, 0.29) is 16.2 Å². The number of aromatic nitrogens is 3. The number of hydrogen-bond acceptors (Lipinski definition) is 4. The summed E-state index contributed by atoms with van der Waals surface area (Å²) in [5.74, 6) is 0. The maximum absolute atomic E-state index is 12.7. The lowest BCUT2D eigenvalue weighted by atomic mass is 10.1. The smallest absolute Gasteiger partial charge is 0.291 e. The summed E-state index contributed by atoms with van der Waals surface area (Å²) in [6.07, 6.45) is 0. The van der Waals surface area contributed by atoms with E-state index in [1.54, 1.807) is 24.3 Å². The summed E-state index contributed by atoms with van der Waals surface area (Å²) < 4.78 is 28.6. The van der Waals surface area contributed by atoms with Crippen LogP contribution in [0.1, 0.15) is 5.56 Å². The Balaban J connectivity index is 1.86. The molecular weight excluding hydrogens is 380 g/mol. The fourth-order valence-corrected chi connectivity index (χ4v) is 3.92. The minimum Gasteiger partial charge on any atom is -0.338 e. The van der Waals surface area contributed by atoms with Crippen molar-refractivity contribution in [2.24, 2.45) is 0 Å². The van der Waals surface area contributed by atoms with E-state index in [2.05, 4.69) is 14.8 Å². The van der Waals surface area contributed by atoms with Crippen LogP contribution in [0.3, 0.4) is 0 Å². The van der Waals surface area contributed by atoms with Gasteiger partial charge in [-0.2, -0.15) is 4.52 Å². The first-order valence-electron chi connectivity index (χ1n) is 8.38. The molecule has 0 fully saturated rings. The van der Waals surface area contributed by atoms with Gasteiger partial charge in [-0.3, -0.25) is 19.4 Å². The molecule has 28 heavy (non-hydrogen) atoms. The molecule has 0 aliphatic rings. The molecule has 0 spiro atoms. The number of H-pyrrole nitrogens is 2. The van der Waals surface area contributed by atoms with Crippen LogP contribution in [0, 0.1) is 6.92 Å². The van der Waals surface area contributed by atoms with Crippen molar-refractivity contribution in [1.29, 1.82) is 0 Å². The predicted molar refractivity (Wildman–Crippen MR) is 106 cm³/mol. The molecule has 0 saturated carbocycles. The average Bonchev–Trinajstić information content (AvgIpc) is 2.99. The molecule has 0 saturated heterocycles. The second-order valence-corrected chi connectivity index (χ2v) is 7.99. The van der Waals surface area contributed by atoms with E-state index in [1.165, 1.54) is 18.2 Å². The molecule has 4 rings (SSSR count). The number of fused-ring (bicyclic) bond motifs is 1. The van der Waals surface area contributed by atoms with E-state index >= 15 is 0 Å². The van der Waals surface area contributed by atoms with Crippen molar-refractivity contribution in [1.82, 2.24) is 14.6 Å². The van der Waals surface area contributed by atoms with Crippen molar-refractivity contribution < 1.29 is 8.42 Å². The Kier molecular flexibility index (Phi) is 4.16. The summed E-state index contributed by atoms with van der Waals surface area (Å²) in [6.45, 7) is 1.84. The normalized spacial score (nSPS) is 11.6. The van der Waals surface area contributed by atoms with Crippen molar-refractivity contribution >= 4 is 21.4 Å². The summed E-state index contributed by atoms with van der Waals surface area (Å²) in [7, 11) is -4.01. The molecule has 142 valence electrons. The summed E-state index contributed by atoms with van der Waals surface area (Å²) in [5.41, 5.74) is 0.647. The van der Waals surface area contributed by atoms with Gasteiger partial charge in [0, 0.05) is 6.07 Å². The molecule has 0 amide bonds. The van der Waals surface area contributed by atoms with Gasteiger partial charge in [0.25, 0.3) is 21.1 Å². The van der Waals surface area contributed by atoms with Crippen molar-refractivity contribution in [3.05, 3.63) is 86.9 Å². The highest BCUT2D eigenvalue weighted by molar-refractivity contribution is 7.92. The first kappa shape index (κ1) is 17.8. The molecule has 0 aliphatic heterocycles. The predicted octanol–water partition coefficient (Wildman–Crippen LogP) is 2.09. The third-order valence-corrected chi connectivity index (χ3v) is 5.66. The molecule has 0 radical (unpaired) electrons. The van der Waals surface area contributed by atoms with Crippen molar-refractivity contribution in [2.45, 2.75) is 11.8 Å². The number of nitrogens with one attached hydrogen (secondary N) is 3. The van der Waals surface area contributed by atoms with Crippen LogP contribution in [0.4, 0.5) is 5.69 Å². The lowest BCUT2D eigenvalue weighted by Gasteiger charge is -2.07. The molecular formula is C19H16N4O4S. The van der Waals surface area contributed by atoms with Crippen LogP contribution in [0.2, 0.25) is 0 Å². The van der Waals surface area contributed by atoms with Gasteiger partial charge in [0.2, 0.25) is 0 Å². The molecule has 2 aromatic carbocycles. The standard InChI is InChI=1S/C19H16N4O4S/c1-12-7-9-14(10-8-12)28(26,27)22-17-18-20-15(13-5-3-2-4-6-13)11-16(24)23(18)21-19(17)25/h2-11,20,22H,1H3,(H,21,25). The van der Waals surface area contributed by atoms with Crippen molar-refractivity contribution in [3.8, 4) is 11.3 Å². The first-order chi connectivity index (χ1) is 13.3. The van der Waals surface area contributed by atoms with Crippen LogP contribution >= 0.6 is 0 Å². The SMILES string of the molecule is Cc1ccc(S(=O)(=O)Nc2c(=O)[nH]n3c(=O)cc(-c4ccccc4)[nH]c23)cc1. The number of sulfonamides is 1. The molecule has 0 bridgehead atoms. The molecule has 9 heteroatoms. The quantitative estimate of drug-likeness (QED) is 0.490. The van der Waals surface area contributed by atoms with Gasteiger partial charge in [-0.1, -0.05) is 48.0 Å². The number of benzene rings is 2. The van der Waals surface area contributed by atoms with Gasteiger partial charge in [0.1, 0.15) is 0 Å². The van der Waals surface area contributed by atoms with Gasteiger partial charge < -0.3 is 4.98 Å². The largest absolute Gasteiger partial charge is 0.338 e. The number of anilines is 1. The highest BCUT2D eigenvalue weighted by Crippen LogP contribution is 2.20. The van der Waals surface area contributed by atoms with Crippen LogP contribution in [0.25, 0.3) is 16.9 Å². The zero-order chi connectivity index (χ0) is 19.9. The Bertz CT molecular complexity index is 1380. The lowest BCUT2D eigenvalue weighted by Crippen LogP contribution is -2.17. The van der Waals surface area contributed by atoms with Crippen molar-refractivity contribution in [2.75, 3.05) is 4.72 Å². The van der Waals surface area contributed by atoms with Gasteiger partial charge in [-0.25, -0.2) is 8.42 Å². The van der Waals surface area contributed by atoms with Crippen molar-refractivity contribution in [3.63, 3.8) is 0 Å². The number of nitrogens with zero attached hydrogens (tertiary/aromatic N) is 1. The maximum Gasteiger partial charge on any atom is 0.291 e. The summed E-state index contributed by atoms with van der Waals surface area (Å²) in [4.78, 5) is 27.7. The Labute approximate surface area is 159 Å². The summed E-state index contributed by atoms with van der Waals surface area (Å²) in [5, 5.41) is 2.35. The number of aryl methyl sites for hydroxylation is 1. The Morgan fingerprint density at radius 3 is 2.32 bits per heavy atom. The lowest BCUT2D eigenvalue weighted by molar-refractivity contribution is 0.601. The van der Waals surface area contributed by atoms with Crippen LogP contribution < -0.4 is 15.8 Å². The monoisotopic (exact) mass is 396 g/mol. The van der Waals surface area contributed by atoms with Gasteiger partial charge in [0.15, 0.2) is 11.3 Å². The average molecular weight is 396 g/mol. The second-order valence-electron chi connectivity index (χ2n) is 6.31.